The number of methoxy groups -OCH3 is 1. The summed E-state index contributed by atoms with van der Waals surface area (Å²) >= 11 is 0. The fraction of sp³-hybridized carbons (Fsp3) is 0.348. The molecule has 5 heteroatoms. The quantitative estimate of drug-likeness (QED) is 0.684. The number of rotatable bonds is 5. The fourth-order valence-electron chi connectivity index (χ4n) is 4.16. The lowest BCUT2D eigenvalue weighted by Gasteiger charge is -2.43. The number of anilines is 1. The topological polar surface area (TPSA) is 48.6 Å². The maximum Gasteiger partial charge on any atom is 0.181 e. The number of piperazine rings is 1. The van der Waals surface area contributed by atoms with Gasteiger partial charge in [-0.05, 0) is 44.2 Å². The van der Waals surface area contributed by atoms with E-state index in [0.717, 1.165) is 41.9 Å². The Morgan fingerprint density at radius 2 is 1.89 bits per heavy atom. The van der Waals surface area contributed by atoms with E-state index in [-0.39, 0.29) is 11.8 Å². The van der Waals surface area contributed by atoms with Gasteiger partial charge in [0.2, 0.25) is 0 Å². The number of ketones is 1. The number of benzene rings is 2. The van der Waals surface area contributed by atoms with Crippen LogP contribution < -0.4 is 9.64 Å². The van der Waals surface area contributed by atoms with E-state index in [9.17, 15) is 4.79 Å². The molecule has 0 spiro atoms. The number of aromatic nitrogens is 1. The van der Waals surface area contributed by atoms with Gasteiger partial charge in [-0.15, -0.1) is 0 Å². The Balaban J connectivity index is 1.46. The molecule has 1 fully saturated rings. The summed E-state index contributed by atoms with van der Waals surface area (Å²) in [6, 6.07) is 16.4. The van der Waals surface area contributed by atoms with E-state index in [4.69, 9.17) is 4.74 Å². The molecule has 2 atom stereocenters. The highest BCUT2D eigenvalue weighted by Gasteiger charge is 2.31. The molecule has 1 aliphatic rings. The van der Waals surface area contributed by atoms with Crippen LogP contribution in [0.5, 0.6) is 5.75 Å². The van der Waals surface area contributed by atoms with Crippen molar-refractivity contribution in [1.82, 2.24) is 9.88 Å². The van der Waals surface area contributed by atoms with Crippen LogP contribution in [-0.2, 0) is 0 Å². The zero-order valence-corrected chi connectivity index (χ0v) is 16.7. The van der Waals surface area contributed by atoms with E-state index in [0.29, 0.717) is 6.04 Å². The normalized spacial score (nSPS) is 19.0. The van der Waals surface area contributed by atoms with E-state index < -0.39 is 0 Å². The molecule has 1 saturated heterocycles. The molecule has 0 aliphatic carbocycles. The van der Waals surface area contributed by atoms with Crippen molar-refractivity contribution in [2.75, 3.05) is 31.6 Å². The number of nitrogens with one attached hydrogen (secondary N) is 1. The molecule has 0 saturated carbocycles. The minimum Gasteiger partial charge on any atom is -0.497 e. The van der Waals surface area contributed by atoms with Crippen LogP contribution in [0.1, 0.15) is 24.2 Å². The molecule has 146 valence electrons. The largest absolute Gasteiger partial charge is 0.497 e. The molecular weight excluding hydrogens is 350 g/mol. The van der Waals surface area contributed by atoms with Gasteiger partial charge in [-0.25, -0.2) is 0 Å². The third-order valence-electron chi connectivity index (χ3n) is 5.84. The van der Waals surface area contributed by atoms with Gasteiger partial charge in [-0.2, -0.15) is 0 Å². The van der Waals surface area contributed by atoms with Crippen LogP contribution in [0.3, 0.4) is 0 Å². The third-order valence-corrected chi connectivity index (χ3v) is 5.84. The average Bonchev–Trinajstić information content (AvgIpc) is 3.17. The summed E-state index contributed by atoms with van der Waals surface area (Å²) in [6.45, 7) is 6.88. The standard InChI is InChI=1S/C23H27N3O2/c1-16-15-25(12-13-26(16)18-8-10-19(28-3)11-9-18)17(2)23(27)21-14-24-22-7-5-4-6-20(21)22/h4-11,14,16-17,24H,12-13,15H2,1-3H3/t16-,17-/m0/s1. The molecule has 0 amide bonds. The van der Waals surface area contributed by atoms with Crippen molar-refractivity contribution >= 4 is 22.4 Å². The van der Waals surface area contributed by atoms with Gasteiger partial charge in [0.05, 0.1) is 13.2 Å². The Labute approximate surface area is 165 Å². The van der Waals surface area contributed by atoms with Crippen LogP contribution in [0.25, 0.3) is 10.9 Å². The minimum absolute atomic E-state index is 0.139. The first-order valence-corrected chi connectivity index (χ1v) is 9.83. The number of para-hydroxylation sites is 1. The monoisotopic (exact) mass is 377 g/mol. The third kappa shape index (κ3) is 3.38. The lowest BCUT2D eigenvalue weighted by Crippen LogP contribution is -2.56. The summed E-state index contributed by atoms with van der Waals surface area (Å²) in [7, 11) is 1.68. The Morgan fingerprint density at radius 1 is 1.14 bits per heavy atom. The van der Waals surface area contributed by atoms with Crippen molar-refractivity contribution < 1.29 is 9.53 Å². The summed E-state index contributed by atoms with van der Waals surface area (Å²) in [6.07, 6.45) is 1.85. The van der Waals surface area contributed by atoms with Gasteiger partial charge < -0.3 is 14.6 Å². The predicted molar refractivity (Wildman–Crippen MR) is 113 cm³/mol. The van der Waals surface area contributed by atoms with Crippen molar-refractivity contribution in [3.8, 4) is 5.75 Å². The van der Waals surface area contributed by atoms with E-state index in [2.05, 4.69) is 33.8 Å². The van der Waals surface area contributed by atoms with Crippen LogP contribution in [0.4, 0.5) is 5.69 Å². The molecular formula is C23H27N3O2. The second kappa shape index (κ2) is 7.68. The lowest BCUT2D eigenvalue weighted by atomic mass is 10.0. The van der Waals surface area contributed by atoms with Crippen LogP contribution in [0.15, 0.2) is 54.7 Å². The van der Waals surface area contributed by atoms with Crippen LogP contribution in [-0.4, -0.2) is 54.5 Å². The molecule has 0 unspecified atom stereocenters. The van der Waals surface area contributed by atoms with E-state index in [1.54, 1.807) is 7.11 Å². The van der Waals surface area contributed by atoms with E-state index >= 15 is 0 Å². The van der Waals surface area contributed by atoms with Gasteiger partial charge in [0.25, 0.3) is 0 Å². The number of Topliss-reactive ketones (excluding diaryl/α,β-unsaturated/α-hetero) is 1. The number of nitrogens with zero attached hydrogens (tertiary/aromatic N) is 2. The Bertz CT molecular complexity index is 963. The molecule has 1 aliphatic heterocycles. The summed E-state index contributed by atoms with van der Waals surface area (Å²) in [5.74, 6) is 1.05. The van der Waals surface area contributed by atoms with E-state index in [1.807, 2.05) is 49.5 Å². The number of carbonyl (C=O) groups is 1. The smallest absolute Gasteiger partial charge is 0.181 e. The number of carbonyl (C=O) groups excluding carboxylic acids is 1. The van der Waals surface area contributed by atoms with Gasteiger partial charge in [0, 0.05) is 54.0 Å². The first-order valence-electron chi connectivity index (χ1n) is 9.83. The predicted octanol–water partition coefficient (Wildman–Crippen LogP) is 3.96. The molecule has 3 aromatic rings. The molecule has 2 heterocycles. The van der Waals surface area contributed by atoms with E-state index in [1.165, 1.54) is 5.69 Å². The number of hydrogen-bond donors (Lipinski definition) is 1. The zero-order valence-electron chi connectivity index (χ0n) is 16.7. The SMILES string of the molecule is COc1ccc(N2CCN([C@@H](C)C(=O)c3c[nH]c4ccccc34)C[C@@H]2C)cc1. The number of H-pyrrole nitrogens is 1. The summed E-state index contributed by atoms with van der Waals surface area (Å²) in [4.78, 5) is 21.1. The highest BCUT2D eigenvalue weighted by molar-refractivity contribution is 6.10. The molecule has 2 aromatic carbocycles. The number of hydrogen-bond acceptors (Lipinski definition) is 4. The maximum absolute atomic E-state index is 13.2. The minimum atomic E-state index is -0.139. The highest BCUT2D eigenvalue weighted by atomic mass is 16.5. The molecule has 1 aromatic heterocycles. The zero-order chi connectivity index (χ0) is 19.7. The Hall–Kier alpha value is -2.79. The van der Waals surface area contributed by atoms with Crippen LogP contribution in [0, 0.1) is 0 Å². The van der Waals surface area contributed by atoms with Crippen molar-refractivity contribution in [3.05, 3.63) is 60.3 Å². The van der Waals surface area contributed by atoms with Crippen molar-refractivity contribution in [2.45, 2.75) is 25.9 Å². The molecule has 0 radical (unpaired) electrons. The van der Waals surface area contributed by atoms with Crippen LogP contribution in [0.2, 0.25) is 0 Å². The Morgan fingerprint density at radius 3 is 2.61 bits per heavy atom. The maximum atomic E-state index is 13.2. The van der Waals surface area contributed by atoms with Gasteiger partial charge in [0.1, 0.15) is 5.75 Å². The van der Waals surface area contributed by atoms with Crippen molar-refractivity contribution in [2.24, 2.45) is 0 Å². The second-order valence-corrected chi connectivity index (χ2v) is 7.52. The molecule has 0 bridgehead atoms. The summed E-state index contributed by atoms with van der Waals surface area (Å²) in [5, 5.41) is 1.00. The average molecular weight is 377 g/mol. The van der Waals surface area contributed by atoms with Gasteiger partial charge >= 0.3 is 0 Å². The fourth-order valence-corrected chi connectivity index (χ4v) is 4.16. The number of fused-ring (bicyclic) bond motifs is 1. The first kappa shape index (κ1) is 18.6. The van der Waals surface area contributed by atoms with Crippen molar-refractivity contribution in [3.63, 3.8) is 0 Å². The number of ether oxygens (including phenoxy) is 1. The summed E-state index contributed by atoms with van der Waals surface area (Å²) in [5.41, 5.74) is 2.99. The molecule has 4 rings (SSSR count). The Kier molecular flexibility index (Phi) is 5.09. The lowest BCUT2D eigenvalue weighted by molar-refractivity contribution is 0.0813. The molecule has 28 heavy (non-hydrogen) atoms. The summed E-state index contributed by atoms with van der Waals surface area (Å²) < 4.78 is 5.26. The molecule has 1 N–H and O–H groups in total. The van der Waals surface area contributed by atoms with Crippen LogP contribution >= 0.6 is 0 Å². The first-order chi connectivity index (χ1) is 13.6. The van der Waals surface area contributed by atoms with Crippen molar-refractivity contribution in [1.29, 1.82) is 0 Å². The highest BCUT2D eigenvalue weighted by Crippen LogP contribution is 2.26. The van der Waals surface area contributed by atoms with Gasteiger partial charge in [-0.3, -0.25) is 9.69 Å². The van der Waals surface area contributed by atoms with Gasteiger partial charge in [0.15, 0.2) is 5.78 Å². The molecule has 5 nitrogen and oxygen atoms in total. The second-order valence-electron chi connectivity index (χ2n) is 7.52. The number of aromatic amines is 1. The van der Waals surface area contributed by atoms with Gasteiger partial charge in [-0.1, -0.05) is 18.2 Å².